The minimum Gasteiger partial charge on any atom is -1.00 e. The number of likely N-dealkylation sites (N-methyl/N-ethyl adjacent to an activating group) is 1. The summed E-state index contributed by atoms with van der Waals surface area (Å²) in [7, 11) is 2.29. The SMILES string of the molecule is CCOC(=O)CCCc1ccc(C[N+]2(C)[C@@H]3C=C[C@H]2C[C@H](OC(=O)C(O)(c2ccccc2)c2ccccc2)C3)s1.[Cl-]. The highest BCUT2D eigenvalue weighted by Gasteiger charge is 2.51. The Morgan fingerprint density at radius 3 is 2.05 bits per heavy atom. The fraction of sp³-hybridized carbons (Fsp3) is 0.394. The summed E-state index contributed by atoms with van der Waals surface area (Å²) in [4.78, 5) is 27.9. The van der Waals surface area contributed by atoms with E-state index in [0.29, 0.717) is 37.0 Å². The Balaban J connectivity index is 0.00000387. The number of halogens is 1. The summed E-state index contributed by atoms with van der Waals surface area (Å²) < 4.78 is 12.0. The number of aliphatic hydroxyl groups is 1. The summed E-state index contributed by atoms with van der Waals surface area (Å²) in [6.45, 7) is 3.16. The largest absolute Gasteiger partial charge is 1.00 e. The van der Waals surface area contributed by atoms with Crippen molar-refractivity contribution >= 4 is 23.3 Å². The van der Waals surface area contributed by atoms with Crippen molar-refractivity contribution < 1.29 is 41.1 Å². The van der Waals surface area contributed by atoms with Crippen molar-refractivity contribution in [2.75, 3.05) is 13.7 Å². The lowest BCUT2D eigenvalue weighted by atomic mass is 9.86. The van der Waals surface area contributed by atoms with Gasteiger partial charge in [-0.25, -0.2) is 4.79 Å². The summed E-state index contributed by atoms with van der Waals surface area (Å²) >= 11 is 1.82. The van der Waals surface area contributed by atoms with Gasteiger partial charge >= 0.3 is 11.9 Å². The van der Waals surface area contributed by atoms with Gasteiger partial charge in [-0.15, -0.1) is 11.3 Å². The lowest BCUT2D eigenvalue weighted by Gasteiger charge is -2.47. The fourth-order valence-corrected chi connectivity index (χ4v) is 7.31. The van der Waals surface area contributed by atoms with E-state index >= 15 is 0 Å². The van der Waals surface area contributed by atoms with Crippen LogP contribution in [0.1, 0.15) is 53.5 Å². The van der Waals surface area contributed by atoms with E-state index in [0.717, 1.165) is 23.9 Å². The van der Waals surface area contributed by atoms with Gasteiger partial charge in [-0.3, -0.25) is 4.79 Å². The van der Waals surface area contributed by atoms with Crippen LogP contribution in [0, 0.1) is 0 Å². The van der Waals surface area contributed by atoms with Crippen molar-refractivity contribution in [3.63, 3.8) is 0 Å². The number of carbonyl (C=O) groups excluding carboxylic acids is 2. The Hall–Kier alpha value is -2.97. The molecular formula is C33H38ClNO5S. The van der Waals surface area contributed by atoms with Gasteiger partial charge in [0.1, 0.15) is 24.7 Å². The summed E-state index contributed by atoms with van der Waals surface area (Å²) in [5.74, 6) is -0.759. The molecule has 0 aliphatic carbocycles. The van der Waals surface area contributed by atoms with Crippen molar-refractivity contribution in [2.24, 2.45) is 0 Å². The van der Waals surface area contributed by atoms with Gasteiger partial charge in [-0.1, -0.05) is 60.7 Å². The van der Waals surface area contributed by atoms with Gasteiger partial charge in [0.2, 0.25) is 5.60 Å². The normalized spacial score (nSPS) is 23.0. The standard InChI is InChI=1S/C33H38NO5S.ClH/c1-3-38-31(35)16-10-15-29-19-20-30(40-29)23-34(2)26-17-18-27(34)22-28(21-26)39-32(36)33(37,24-11-6-4-7-12-24)25-13-8-5-9-14-25;/h4-9,11-14,17-20,26-28,37H,3,10,15-16,21-23H2,1-2H3;1H/q+1;/p-1/t26-,27+,28-,34?;. The first-order valence-corrected chi connectivity index (χ1v) is 15.0. The number of benzene rings is 2. The smallest absolute Gasteiger partial charge is 0.347 e. The molecule has 0 amide bonds. The van der Waals surface area contributed by atoms with Gasteiger partial charge in [0, 0.05) is 24.1 Å². The van der Waals surface area contributed by atoms with Crippen LogP contribution in [0.25, 0.3) is 0 Å². The number of thiophene rings is 1. The van der Waals surface area contributed by atoms with E-state index in [9.17, 15) is 14.7 Å². The Kier molecular flexibility index (Phi) is 10.1. The number of nitrogens with zero attached hydrogens (tertiary/aromatic N) is 1. The van der Waals surface area contributed by atoms with Crippen LogP contribution in [-0.2, 0) is 37.6 Å². The molecule has 6 nitrogen and oxygen atoms in total. The van der Waals surface area contributed by atoms with Gasteiger partial charge in [-0.2, -0.15) is 0 Å². The summed E-state index contributed by atoms with van der Waals surface area (Å²) in [6.07, 6.45) is 7.82. The Morgan fingerprint density at radius 1 is 0.927 bits per heavy atom. The fourth-order valence-electron chi connectivity index (χ4n) is 6.12. The van der Waals surface area contributed by atoms with Crippen LogP contribution in [0.4, 0.5) is 0 Å². The number of hydrogen-bond donors (Lipinski definition) is 1. The molecule has 4 atom stereocenters. The third-order valence-corrected chi connectivity index (χ3v) is 9.48. The number of fused-ring (bicyclic) bond motifs is 2. The van der Waals surface area contributed by atoms with Crippen LogP contribution in [-0.4, -0.2) is 53.4 Å². The lowest BCUT2D eigenvalue weighted by Crippen LogP contribution is -3.00. The molecule has 218 valence electrons. The van der Waals surface area contributed by atoms with Crippen molar-refractivity contribution in [1.82, 2.24) is 0 Å². The highest BCUT2D eigenvalue weighted by atomic mass is 35.5. The maximum Gasteiger partial charge on any atom is 0.347 e. The van der Waals surface area contributed by atoms with Crippen molar-refractivity contribution in [3.8, 4) is 0 Å². The number of carbonyl (C=O) groups is 2. The molecule has 2 aliphatic heterocycles. The first kappa shape index (κ1) is 31.0. The molecule has 1 N–H and O–H groups in total. The maximum atomic E-state index is 13.7. The van der Waals surface area contributed by atoms with E-state index in [1.165, 1.54) is 9.75 Å². The van der Waals surface area contributed by atoms with Gasteiger partial charge in [0.15, 0.2) is 0 Å². The molecule has 1 aromatic heterocycles. The highest BCUT2D eigenvalue weighted by molar-refractivity contribution is 7.11. The van der Waals surface area contributed by atoms with Crippen molar-refractivity contribution in [2.45, 2.75) is 69.4 Å². The molecule has 2 aliphatic rings. The molecule has 8 heteroatoms. The zero-order chi connectivity index (χ0) is 28.2. The molecule has 2 bridgehead atoms. The molecule has 1 fully saturated rings. The molecule has 5 rings (SSSR count). The monoisotopic (exact) mass is 595 g/mol. The molecule has 0 radical (unpaired) electrons. The number of rotatable bonds is 11. The number of quaternary nitrogens is 1. The Labute approximate surface area is 252 Å². The van der Waals surface area contributed by atoms with Crippen molar-refractivity contribution in [3.05, 3.63) is 106 Å². The van der Waals surface area contributed by atoms with Crippen LogP contribution >= 0.6 is 11.3 Å². The van der Waals surface area contributed by atoms with E-state index in [1.807, 2.05) is 54.7 Å². The second kappa shape index (κ2) is 13.3. The average Bonchev–Trinajstić information content (AvgIpc) is 3.43. The van der Waals surface area contributed by atoms with E-state index < -0.39 is 11.6 Å². The molecular weight excluding hydrogens is 558 g/mol. The number of hydrogen-bond acceptors (Lipinski definition) is 6. The quantitative estimate of drug-likeness (QED) is 0.210. The van der Waals surface area contributed by atoms with Crippen LogP contribution in [0.5, 0.6) is 0 Å². The van der Waals surface area contributed by atoms with E-state index in [2.05, 4.69) is 31.3 Å². The summed E-state index contributed by atoms with van der Waals surface area (Å²) in [6, 6.07) is 22.9. The van der Waals surface area contributed by atoms with E-state index in [-0.39, 0.29) is 36.6 Å². The summed E-state index contributed by atoms with van der Waals surface area (Å²) in [5, 5.41) is 11.8. The number of aryl methyl sites for hydroxylation is 1. The summed E-state index contributed by atoms with van der Waals surface area (Å²) in [5.41, 5.74) is -0.871. The third kappa shape index (κ3) is 6.59. The van der Waals surface area contributed by atoms with Gasteiger partial charge < -0.3 is 31.5 Å². The second-order valence-corrected chi connectivity index (χ2v) is 12.2. The first-order valence-electron chi connectivity index (χ1n) is 14.1. The van der Waals surface area contributed by atoms with Gasteiger partial charge in [0.25, 0.3) is 0 Å². The molecule has 3 aromatic rings. The third-order valence-electron chi connectivity index (χ3n) is 8.35. The van der Waals surface area contributed by atoms with Gasteiger partial charge in [0.05, 0.1) is 18.5 Å². The second-order valence-electron chi connectivity index (χ2n) is 11.0. The molecule has 0 spiro atoms. The molecule has 1 saturated heterocycles. The average molecular weight is 596 g/mol. The molecule has 3 heterocycles. The topological polar surface area (TPSA) is 72.8 Å². The highest BCUT2D eigenvalue weighted by Crippen LogP contribution is 2.41. The number of ether oxygens (including phenoxy) is 2. The molecule has 0 saturated carbocycles. The molecule has 1 unspecified atom stereocenters. The number of piperidine rings is 1. The molecule has 2 aromatic carbocycles. The van der Waals surface area contributed by atoms with E-state index in [1.54, 1.807) is 24.3 Å². The van der Waals surface area contributed by atoms with E-state index in [4.69, 9.17) is 9.47 Å². The minimum atomic E-state index is -1.87. The van der Waals surface area contributed by atoms with Crippen LogP contribution in [0.3, 0.4) is 0 Å². The predicted molar refractivity (Wildman–Crippen MR) is 155 cm³/mol. The maximum absolute atomic E-state index is 13.7. The Bertz CT molecular complexity index is 1290. The minimum absolute atomic E-state index is 0. The number of esters is 2. The first-order chi connectivity index (χ1) is 19.3. The van der Waals surface area contributed by atoms with Crippen LogP contribution < -0.4 is 12.4 Å². The van der Waals surface area contributed by atoms with Crippen LogP contribution in [0.15, 0.2) is 84.9 Å². The van der Waals surface area contributed by atoms with Crippen LogP contribution in [0.2, 0.25) is 0 Å². The zero-order valence-corrected chi connectivity index (χ0v) is 25.2. The zero-order valence-electron chi connectivity index (χ0n) is 23.6. The Morgan fingerprint density at radius 2 is 1.49 bits per heavy atom. The predicted octanol–water partition coefficient (Wildman–Crippen LogP) is 2.53. The lowest BCUT2D eigenvalue weighted by molar-refractivity contribution is -0.957. The molecule has 41 heavy (non-hydrogen) atoms. The van der Waals surface area contributed by atoms with Gasteiger partial charge in [-0.05, 0) is 55.2 Å². The van der Waals surface area contributed by atoms with Crippen molar-refractivity contribution in [1.29, 1.82) is 0 Å².